The van der Waals surface area contributed by atoms with Gasteiger partial charge in [-0.3, -0.25) is 19.1 Å². The van der Waals surface area contributed by atoms with Crippen LogP contribution in [0.2, 0.25) is 0 Å². The maximum atomic E-state index is 13.1. The smallest absolute Gasteiger partial charge is 0.272 e. The number of hydrogen-bond donors (Lipinski definition) is 2. The molecule has 0 radical (unpaired) electrons. The minimum absolute atomic E-state index is 0.0826. The molecule has 0 fully saturated rings. The van der Waals surface area contributed by atoms with Gasteiger partial charge in [-0.25, -0.2) is 4.39 Å². The molecule has 3 aromatic rings. The quantitative estimate of drug-likeness (QED) is 0.463. The van der Waals surface area contributed by atoms with Crippen molar-refractivity contribution in [1.82, 2.24) is 25.3 Å². The third-order valence-corrected chi connectivity index (χ3v) is 6.52. The number of likely N-dealkylation sites (N-methyl/N-ethyl adjacent to an activating group) is 1. The summed E-state index contributed by atoms with van der Waals surface area (Å²) in [6, 6.07) is 14.9. The first kappa shape index (κ1) is 25.9. The highest BCUT2D eigenvalue weighted by molar-refractivity contribution is 6.01. The van der Waals surface area contributed by atoms with Gasteiger partial charge in [0, 0.05) is 26.2 Å². The number of rotatable bonds is 9. The van der Waals surface area contributed by atoms with E-state index in [0.717, 1.165) is 16.9 Å². The number of nitrogens with one attached hydrogen (secondary N) is 2. The average Bonchev–Trinajstić information content (AvgIpc) is 3.32. The van der Waals surface area contributed by atoms with Gasteiger partial charge in [-0.1, -0.05) is 24.3 Å². The van der Waals surface area contributed by atoms with Gasteiger partial charge in [0.05, 0.1) is 13.2 Å². The zero-order valence-corrected chi connectivity index (χ0v) is 21.1. The minimum Gasteiger partial charge on any atom is -0.494 e. The Hall–Kier alpha value is -4.21. The maximum absolute atomic E-state index is 13.1. The molecule has 37 heavy (non-hydrogen) atoms. The van der Waals surface area contributed by atoms with Crippen molar-refractivity contribution >= 4 is 17.7 Å². The molecule has 2 N–H and O–H groups in total. The molecule has 2 aromatic carbocycles. The SMILES string of the molecule is CCOc1ccc(CCNC(=O)c2cc3n(n2)C[C@@](C)(C(=O)NCc2ccc(F)cc2)N(C)C3=O)cc1. The fraction of sp³-hybridized carbons (Fsp3) is 0.333. The van der Waals surface area contributed by atoms with Crippen molar-refractivity contribution in [2.75, 3.05) is 20.2 Å². The molecule has 9 nitrogen and oxygen atoms in total. The number of halogens is 1. The average molecular weight is 508 g/mol. The Labute approximate surface area is 214 Å². The number of carbonyl (C=O) groups is 3. The number of carbonyl (C=O) groups excluding carboxylic acids is 3. The Kier molecular flexibility index (Phi) is 7.56. The topological polar surface area (TPSA) is 106 Å². The molecule has 0 spiro atoms. The van der Waals surface area contributed by atoms with Crippen molar-refractivity contribution in [3.05, 3.63) is 82.9 Å². The van der Waals surface area contributed by atoms with E-state index in [4.69, 9.17) is 4.74 Å². The second-order valence-electron chi connectivity index (χ2n) is 9.10. The lowest BCUT2D eigenvalue weighted by molar-refractivity contribution is -0.132. The molecule has 0 bridgehead atoms. The molecule has 1 aliphatic rings. The van der Waals surface area contributed by atoms with Crippen molar-refractivity contribution in [3.8, 4) is 5.75 Å². The highest BCUT2D eigenvalue weighted by atomic mass is 19.1. The van der Waals surface area contributed by atoms with Crippen LogP contribution in [0, 0.1) is 5.82 Å². The molecule has 0 saturated heterocycles. The first-order valence-electron chi connectivity index (χ1n) is 12.1. The molecule has 0 saturated carbocycles. The van der Waals surface area contributed by atoms with Crippen LogP contribution in [-0.4, -0.2) is 58.1 Å². The predicted octanol–water partition coefficient (Wildman–Crippen LogP) is 2.55. The largest absolute Gasteiger partial charge is 0.494 e. The molecule has 3 amide bonds. The number of ether oxygens (including phenoxy) is 1. The molecule has 1 atom stereocenters. The van der Waals surface area contributed by atoms with Crippen LogP contribution < -0.4 is 15.4 Å². The van der Waals surface area contributed by atoms with Gasteiger partial charge < -0.3 is 20.3 Å². The van der Waals surface area contributed by atoms with Crippen molar-refractivity contribution in [2.45, 2.75) is 38.9 Å². The number of amides is 3. The zero-order chi connectivity index (χ0) is 26.6. The Morgan fingerprint density at radius 1 is 1.08 bits per heavy atom. The monoisotopic (exact) mass is 507 g/mol. The van der Waals surface area contributed by atoms with E-state index in [-0.39, 0.29) is 36.2 Å². The van der Waals surface area contributed by atoms with Gasteiger partial charge >= 0.3 is 0 Å². The van der Waals surface area contributed by atoms with Crippen LogP contribution in [0.15, 0.2) is 54.6 Å². The summed E-state index contributed by atoms with van der Waals surface area (Å²) in [5.74, 6) is -0.751. The lowest BCUT2D eigenvalue weighted by atomic mass is 9.96. The fourth-order valence-electron chi connectivity index (χ4n) is 4.14. The van der Waals surface area contributed by atoms with Crippen LogP contribution in [0.4, 0.5) is 4.39 Å². The van der Waals surface area contributed by atoms with Gasteiger partial charge in [0.1, 0.15) is 22.8 Å². The number of benzene rings is 2. The Balaban J connectivity index is 1.38. The predicted molar refractivity (Wildman–Crippen MR) is 135 cm³/mol. The molecule has 2 heterocycles. The highest BCUT2D eigenvalue weighted by Crippen LogP contribution is 2.26. The zero-order valence-electron chi connectivity index (χ0n) is 21.1. The molecule has 10 heteroatoms. The van der Waals surface area contributed by atoms with Gasteiger partial charge in [0.25, 0.3) is 11.8 Å². The summed E-state index contributed by atoms with van der Waals surface area (Å²) in [6.45, 7) is 4.83. The molecule has 0 unspecified atom stereocenters. The maximum Gasteiger partial charge on any atom is 0.272 e. The number of nitrogens with zero attached hydrogens (tertiary/aromatic N) is 3. The van der Waals surface area contributed by atoms with Gasteiger partial charge in [0.2, 0.25) is 5.91 Å². The summed E-state index contributed by atoms with van der Waals surface area (Å²) in [6.07, 6.45) is 0.625. The molecule has 1 aromatic heterocycles. The van der Waals surface area contributed by atoms with Crippen molar-refractivity contribution < 1.29 is 23.5 Å². The second kappa shape index (κ2) is 10.8. The number of hydrogen-bond acceptors (Lipinski definition) is 5. The standard InChI is InChI=1S/C27H30FN5O4/c1-4-37-21-11-7-18(8-12-21)13-14-29-24(34)22-15-23-25(35)32(3)27(2,17-33(23)31-22)26(36)30-16-19-5-9-20(28)10-6-19/h5-12,15H,4,13-14,16-17H2,1-3H3,(H,29,34)(H,30,36)/t27-/m0/s1. The van der Waals surface area contributed by atoms with Crippen LogP contribution in [0.3, 0.4) is 0 Å². The third-order valence-electron chi connectivity index (χ3n) is 6.52. The summed E-state index contributed by atoms with van der Waals surface area (Å²) in [5.41, 5.74) is 0.902. The number of fused-ring (bicyclic) bond motifs is 1. The summed E-state index contributed by atoms with van der Waals surface area (Å²) in [5, 5.41) is 9.96. The van der Waals surface area contributed by atoms with Gasteiger partial charge in [-0.05, 0) is 55.7 Å². The van der Waals surface area contributed by atoms with E-state index in [1.54, 1.807) is 26.1 Å². The molecule has 4 rings (SSSR count). The first-order chi connectivity index (χ1) is 17.7. The molecular weight excluding hydrogens is 477 g/mol. The summed E-state index contributed by atoms with van der Waals surface area (Å²) >= 11 is 0. The lowest BCUT2D eigenvalue weighted by Crippen LogP contribution is -2.62. The normalized spacial score (nSPS) is 16.8. The first-order valence-corrected chi connectivity index (χ1v) is 12.1. The van der Waals surface area contributed by atoms with E-state index < -0.39 is 17.4 Å². The Morgan fingerprint density at radius 3 is 2.43 bits per heavy atom. The van der Waals surface area contributed by atoms with Crippen LogP contribution >= 0.6 is 0 Å². The van der Waals surface area contributed by atoms with Crippen LogP contribution in [0.25, 0.3) is 0 Å². The minimum atomic E-state index is -1.22. The lowest BCUT2D eigenvalue weighted by Gasteiger charge is -2.40. The highest BCUT2D eigenvalue weighted by Gasteiger charge is 2.46. The van der Waals surface area contributed by atoms with Gasteiger partial charge in [-0.2, -0.15) is 5.10 Å². The summed E-state index contributed by atoms with van der Waals surface area (Å²) in [4.78, 5) is 40.2. The third kappa shape index (κ3) is 5.63. The Morgan fingerprint density at radius 2 is 1.76 bits per heavy atom. The summed E-state index contributed by atoms with van der Waals surface area (Å²) in [7, 11) is 1.55. The van der Waals surface area contributed by atoms with Gasteiger partial charge in [0.15, 0.2) is 5.69 Å². The molecule has 1 aliphatic heterocycles. The van der Waals surface area contributed by atoms with Crippen molar-refractivity contribution in [2.24, 2.45) is 0 Å². The summed E-state index contributed by atoms with van der Waals surface area (Å²) < 4.78 is 20.0. The van der Waals surface area contributed by atoms with Gasteiger partial charge in [-0.15, -0.1) is 0 Å². The van der Waals surface area contributed by atoms with E-state index in [1.165, 1.54) is 27.8 Å². The van der Waals surface area contributed by atoms with Crippen LogP contribution in [-0.2, 0) is 24.3 Å². The molecule has 0 aliphatic carbocycles. The van der Waals surface area contributed by atoms with Crippen molar-refractivity contribution in [3.63, 3.8) is 0 Å². The second-order valence-corrected chi connectivity index (χ2v) is 9.10. The van der Waals surface area contributed by atoms with Crippen LogP contribution in [0.1, 0.15) is 46.0 Å². The molecular formula is C27H30FN5O4. The van der Waals surface area contributed by atoms with E-state index >= 15 is 0 Å². The van der Waals surface area contributed by atoms with Crippen molar-refractivity contribution in [1.29, 1.82) is 0 Å². The van der Waals surface area contributed by atoms with E-state index in [0.29, 0.717) is 19.6 Å². The Bertz CT molecular complexity index is 1290. The fourth-order valence-corrected chi connectivity index (χ4v) is 4.14. The van der Waals surface area contributed by atoms with Crippen LogP contribution in [0.5, 0.6) is 5.75 Å². The molecule has 194 valence electrons. The number of aromatic nitrogens is 2. The van der Waals surface area contributed by atoms with E-state index in [1.807, 2.05) is 31.2 Å². The van der Waals surface area contributed by atoms with E-state index in [2.05, 4.69) is 15.7 Å². The van der Waals surface area contributed by atoms with E-state index in [9.17, 15) is 18.8 Å².